The zero-order chi connectivity index (χ0) is 21.2. The molecule has 2 aliphatic heterocycles. The van der Waals surface area contributed by atoms with Crippen molar-refractivity contribution in [2.75, 3.05) is 37.6 Å². The first-order valence-electron chi connectivity index (χ1n) is 9.73. The molecule has 0 bridgehead atoms. The monoisotopic (exact) mass is 397 g/mol. The van der Waals surface area contributed by atoms with E-state index in [9.17, 15) is 9.59 Å². The van der Waals surface area contributed by atoms with Crippen LogP contribution in [0.1, 0.15) is 31.7 Å². The highest BCUT2D eigenvalue weighted by Crippen LogP contribution is 2.15. The van der Waals surface area contributed by atoms with Gasteiger partial charge in [-0.3, -0.25) is 9.59 Å². The average molecular weight is 397 g/mol. The van der Waals surface area contributed by atoms with Crippen LogP contribution in [-0.2, 0) is 9.59 Å². The van der Waals surface area contributed by atoms with Gasteiger partial charge < -0.3 is 20.4 Å². The minimum absolute atomic E-state index is 0.0966. The third kappa shape index (κ3) is 6.44. The third-order valence-electron chi connectivity index (χ3n) is 4.91. The van der Waals surface area contributed by atoms with Gasteiger partial charge in [-0.05, 0) is 31.9 Å². The molecular weight excluding hydrogens is 370 g/mol. The Morgan fingerprint density at radius 3 is 2.52 bits per heavy atom. The molecule has 154 valence electrons. The highest BCUT2D eigenvalue weighted by Gasteiger charge is 2.22. The first-order chi connectivity index (χ1) is 14.0. The largest absolute Gasteiger partial charge is 0.353 e. The van der Waals surface area contributed by atoms with Gasteiger partial charge in [-0.2, -0.15) is 10.5 Å². The molecule has 2 amide bonds. The van der Waals surface area contributed by atoms with E-state index in [1.54, 1.807) is 17.2 Å². The maximum Gasteiger partial charge on any atom is 0.224 e. The average Bonchev–Trinajstić information content (AvgIpc) is 3.22. The maximum absolute atomic E-state index is 11.9. The van der Waals surface area contributed by atoms with Crippen molar-refractivity contribution in [1.82, 2.24) is 14.8 Å². The van der Waals surface area contributed by atoms with Gasteiger partial charge in [0.05, 0.1) is 11.6 Å². The van der Waals surface area contributed by atoms with Crippen molar-refractivity contribution in [3.8, 4) is 12.1 Å². The fraction of sp³-hybridized carbons (Fsp3) is 0.550. The Bertz CT molecular complexity index is 759. The van der Waals surface area contributed by atoms with Gasteiger partial charge in [0, 0.05) is 51.4 Å². The van der Waals surface area contributed by atoms with E-state index >= 15 is 0 Å². The third-order valence-corrected chi connectivity index (χ3v) is 4.91. The number of carbonyl (C=O) groups excluding carboxylic acids is 2. The Labute approximate surface area is 171 Å². The number of hydrogen-bond acceptors (Lipinski definition) is 7. The predicted octanol–water partition coefficient (Wildman–Crippen LogP) is 0.470. The molecule has 2 atom stereocenters. The summed E-state index contributed by atoms with van der Waals surface area (Å²) in [5, 5.41) is 17.2. The second-order valence-corrected chi connectivity index (χ2v) is 7.20. The number of amides is 2. The highest BCUT2D eigenvalue weighted by atomic mass is 16.2. The van der Waals surface area contributed by atoms with Crippen molar-refractivity contribution in [2.45, 2.75) is 38.3 Å². The van der Waals surface area contributed by atoms with Gasteiger partial charge in [0.15, 0.2) is 0 Å². The number of rotatable bonds is 4. The molecule has 0 spiro atoms. The number of nitrogens with zero attached hydrogens (tertiary/aromatic N) is 6. The Morgan fingerprint density at radius 1 is 1.31 bits per heavy atom. The normalized spacial score (nSPS) is 19.4. The van der Waals surface area contributed by atoms with E-state index in [0.717, 1.165) is 44.7 Å². The molecule has 2 fully saturated rings. The van der Waals surface area contributed by atoms with E-state index in [4.69, 9.17) is 16.3 Å². The lowest BCUT2D eigenvalue weighted by Gasteiger charge is -2.35. The zero-order valence-corrected chi connectivity index (χ0v) is 16.7. The molecule has 1 aromatic heterocycles. The number of carbonyl (C=O) groups is 2. The van der Waals surface area contributed by atoms with E-state index < -0.39 is 0 Å². The van der Waals surface area contributed by atoms with Gasteiger partial charge in [0.25, 0.3) is 0 Å². The van der Waals surface area contributed by atoms with E-state index in [0.29, 0.717) is 25.1 Å². The molecule has 29 heavy (non-hydrogen) atoms. The smallest absolute Gasteiger partial charge is 0.224 e. The summed E-state index contributed by atoms with van der Waals surface area (Å²) in [5.41, 5.74) is 6.21. The van der Waals surface area contributed by atoms with Crippen LogP contribution in [-0.4, -0.2) is 71.9 Å². The Balaban J connectivity index is 0.000000278. The Hall–Kier alpha value is -3.17. The number of pyridine rings is 1. The lowest BCUT2D eigenvalue weighted by Crippen LogP contribution is -2.49. The summed E-state index contributed by atoms with van der Waals surface area (Å²) in [5.74, 6) is 0.968. The van der Waals surface area contributed by atoms with Crippen LogP contribution in [0.3, 0.4) is 0 Å². The maximum atomic E-state index is 11.9. The van der Waals surface area contributed by atoms with Crippen molar-refractivity contribution in [3.05, 3.63) is 23.9 Å². The SMILES string of the molecule is CC(N)CC(=O)N1CCN(c2ccc(C#N)cn2)CC1.N#CC1CCCN1C=O. The molecule has 2 saturated heterocycles. The van der Waals surface area contributed by atoms with Crippen LogP contribution >= 0.6 is 0 Å². The van der Waals surface area contributed by atoms with Crippen molar-refractivity contribution >= 4 is 18.1 Å². The number of likely N-dealkylation sites (tertiary alicyclic amines) is 1. The fourth-order valence-electron chi connectivity index (χ4n) is 3.28. The molecule has 2 unspecified atom stereocenters. The molecule has 2 N–H and O–H groups in total. The van der Waals surface area contributed by atoms with Crippen LogP contribution in [0.5, 0.6) is 0 Å². The summed E-state index contributed by atoms with van der Waals surface area (Å²) in [6, 6.07) is 7.47. The predicted molar refractivity (Wildman–Crippen MR) is 107 cm³/mol. The summed E-state index contributed by atoms with van der Waals surface area (Å²) < 4.78 is 0. The van der Waals surface area contributed by atoms with Gasteiger partial charge in [-0.25, -0.2) is 4.98 Å². The number of aromatic nitrogens is 1. The standard InChI is InChI=1S/C14H19N5O.C6H8N2O/c1-11(16)8-14(20)19-6-4-18(5-7-19)13-3-2-12(9-15)10-17-13;7-4-6-2-1-3-8(6)5-9/h2-3,10-11H,4-8,16H2,1H3;5-6H,1-3H2. The van der Waals surface area contributed by atoms with Gasteiger partial charge >= 0.3 is 0 Å². The number of anilines is 1. The second kappa shape index (κ2) is 11.0. The second-order valence-electron chi connectivity index (χ2n) is 7.20. The summed E-state index contributed by atoms with van der Waals surface area (Å²) >= 11 is 0. The van der Waals surface area contributed by atoms with Gasteiger partial charge in [0.1, 0.15) is 17.9 Å². The van der Waals surface area contributed by atoms with Crippen LogP contribution in [0, 0.1) is 22.7 Å². The molecule has 9 heteroatoms. The summed E-state index contributed by atoms with van der Waals surface area (Å²) in [4.78, 5) is 31.8. The first-order valence-corrected chi connectivity index (χ1v) is 9.73. The van der Waals surface area contributed by atoms with E-state index in [-0.39, 0.29) is 18.0 Å². The van der Waals surface area contributed by atoms with Crippen LogP contribution in [0.15, 0.2) is 18.3 Å². The quantitative estimate of drug-likeness (QED) is 0.731. The molecule has 9 nitrogen and oxygen atoms in total. The van der Waals surface area contributed by atoms with E-state index in [2.05, 4.69) is 22.0 Å². The molecule has 1 aromatic rings. The van der Waals surface area contributed by atoms with Gasteiger partial charge in [-0.15, -0.1) is 0 Å². The Morgan fingerprint density at radius 2 is 2.03 bits per heavy atom. The minimum atomic E-state index is -0.150. The lowest BCUT2D eigenvalue weighted by molar-refractivity contribution is -0.131. The van der Waals surface area contributed by atoms with Gasteiger partial charge in [-0.1, -0.05) is 0 Å². The summed E-state index contributed by atoms with van der Waals surface area (Å²) in [7, 11) is 0. The first kappa shape index (κ1) is 22.1. The topological polar surface area (TPSA) is 130 Å². The van der Waals surface area contributed by atoms with E-state index in [1.807, 2.05) is 17.9 Å². The van der Waals surface area contributed by atoms with Gasteiger partial charge in [0.2, 0.25) is 12.3 Å². The van der Waals surface area contributed by atoms with Crippen LogP contribution in [0.2, 0.25) is 0 Å². The molecule has 0 aromatic carbocycles. The number of nitrogens with two attached hydrogens (primary N) is 1. The zero-order valence-electron chi connectivity index (χ0n) is 16.7. The van der Waals surface area contributed by atoms with Crippen molar-refractivity contribution in [2.24, 2.45) is 5.73 Å². The van der Waals surface area contributed by atoms with Crippen LogP contribution in [0.4, 0.5) is 5.82 Å². The molecular formula is C20H27N7O2. The Kier molecular flexibility index (Phi) is 8.38. The molecule has 0 aliphatic carbocycles. The molecule has 3 heterocycles. The molecule has 2 aliphatic rings. The summed E-state index contributed by atoms with van der Waals surface area (Å²) in [6.07, 6.45) is 4.53. The number of piperazine rings is 1. The number of nitriles is 2. The van der Waals surface area contributed by atoms with E-state index in [1.165, 1.54) is 0 Å². The highest BCUT2D eigenvalue weighted by molar-refractivity contribution is 5.77. The van der Waals surface area contributed by atoms with Crippen LogP contribution in [0.25, 0.3) is 0 Å². The molecule has 0 radical (unpaired) electrons. The molecule has 3 rings (SSSR count). The fourth-order valence-corrected chi connectivity index (χ4v) is 3.28. The van der Waals surface area contributed by atoms with Crippen molar-refractivity contribution < 1.29 is 9.59 Å². The van der Waals surface area contributed by atoms with Crippen molar-refractivity contribution in [3.63, 3.8) is 0 Å². The van der Waals surface area contributed by atoms with Crippen LogP contribution < -0.4 is 10.6 Å². The summed E-state index contributed by atoms with van der Waals surface area (Å²) in [6.45, 7) is 5.48. The minimum Gasteiger partial charge on any atom is -0.353 e. The molecule has 0 saturated carbocycles. The lowest BCUT2D eigenvalue weighted by atomic mass is 10.2. The van der Waals surface area contributed by atoms with Crippen molar-refractivity contribution in [1.29, 1.82) is 10.5 Å². The number of hydrogen-bond donors (Lipinski definition) is 1.